The van der Waals surface area contributed by atoms with Crippen LogP contribution in [0, 0.1) is 0 Å². The number of methoxy groups -OCH3 is 1. The first kappa shape index (κ1) is 16.1. The number of anilines is 1. The molecule has 0 saturated carbocycles. The number of thiocarbonyl (C=S) groups is 1. The summed E-state index contributed by atoms with van der Waals surface area (Å²) in [5, 5.41) is 17.4. The Balaban J connectivity index is 1.93. The van der Waals surface area contributed by atoms with Crippen LogP contribution < -0.4 is 15.5 Å². The molecule has 0 saturated heterocycles. The Hall–Kier alpha value is -2.31. The van der Waals surface area contributed by atoms with Crippen LogP contribution in [0.2, 0.25) is 5.02 Å². The molecule has 0 bridgehead atoms. The van der Waals surface area contributed by atoms with Gasteiger partial charge in [0, 0.05) is 10.7 Å². The Morgan fingerprint density at radius 2 is 2.14 bits per heavy atom. The Morgan fingerprint density at radius 1 is 1.32 bits per heavy atom. The smallest absolute Gasteiger partial charge is 0.191 e. The van der Waals surface area contributed by atoms with E-state index in [1.165, 1.54) is 13.2 Å². The molecule has 0 unspecified atom stereocenters. The van der Waals surface area contributed by atoms with Crippen LogP contribution in [0.4, 0.5) is 5.69 Å². The molecule has 0 aliphatic rings. The fraction of sp³-hybridized carbons (Fsp3) is 0.0667. The molecule has 0 spiro atoms. The minimum Gasteiger partial charge on any atom is -0.504 e. The van der Waals surface area contributed by atoms with Crippen molar-refractivity contribution in [2.45, 2.75) is 0 Å². The predicted octanol–water partition coefficient (Wildman–Crippen LogP) is 3.37. The summed E-state index contributed by atoms with van der Waals surface area (Å²) in [6.45, 7) is 0. The summed E-state index contributed by atoms with van der Waals surface area (Å²) in [4.78, 5) is 0. The van der Waals surface area contributed by atoms with E-state index in [1.54, 1.807) is 30.5 Å². The molecule has 3 N–H and O–H groups in total. The number of aromatic hydroxyl groups is 1. The second kappa shape index (κ2) is 7.63. The van der Waals surface area contributed by atoms with Gasteiger partial charge in [-0.2, -0.15) is 5.10 Å². The third kappa shape index (κ3) is 4.61. The fourth-order valence-electron chi connectivity index (χ4n) is 1.67. The van der Waals surface area contributed by atoms with Gasteiger partial charge < -0.3 is 15.2 Å². The number of hydrazone groups is 1. The molecular weight excluding hydrogens is 322 g/mol. The van der Waals surface area contributed by atoms with E-state index in [-0.39, 0.29) is 5.75 Å². The first-order valence-corrected chi connectivity index (χ1v) is 7.10. The Morgan fingerprint density at radius 3 is 2.86 bits per heavy atom. The number of ether oxygens (including phenoxy) is 1. The highest BCUT2D eigenvalue weighted by molar-refractivity contribution is 7.80. The molecule has 0 aliphatic heterocycles. The highest BCUT2D eigenvalue weighted by atomic mass is 35.5. The Labute approximate surface area is 138 Å². The standard InChI is InChI=1S/C15H14ClN3O2S/c1-21-14-7-10(5-6-13(14)20)9-17-19-15(22)18-12-4-2-3-11(16)8-12/h2-9,20H,1H3,(H2,18,19,22). The first-order valence-electron chi connectivity index (χ1n) is 6.31. The number of hydrogen-bond donors (Lipinski definition) is 3. The van der Waals surface area contributed by atoms with Crippen molar-refractivity contribution in [3.8, 4) is 11.5 Å². The van der Waals surface area contributed by atoms with E-state index in [0.717, 1.165) is 11.3 Å². The third-order valence-electron chi connectivity index (χ3n) is 2.67. The normalized spacial score (nSPS) is 10.5. The number of rotatable bonds is 4. The van der Waals surface area contributed by atoms with Gasteiger partial charge in [0.15, 0.2) is 16.6 Å². The maximum Gasteiger partial charge on any atom is 0.191 e. The molecule has 22 heavy (non-hydrogen) atoms. The predicted molar refractivity (Wildman–Crippen MR) is 93.1 cm³/mol. The molecule has 114 valence electrons. The fourth-order valence-corrected chi connectivity index (χ4v) is 2.03. The molecule has 0 heterocycles. The maximum atomic E-state index is 9.51. The summed E-state index contributed by atoms with van der Waals surface area (Å²) in [6, 6.07) is 12.1. The van der Waals surface area contributed by atoms with Crippen molar-refractivity contribution >= 4 is 40.8 Å². The van der Waals surface area contributed by atoms with Crippen molar-refractivity contribution in [2.24, 2.45) is 5.10 Å². The topological polar surface area (TPSA) is 65.9 Å². The van der Waals surface area contributed by atoms with Crippen LogP contribution >= 0.6 is 23.8 Å². The number of benzene rings is 2. The number of phenols is 1. The summed E-state index contributed by atoms with van der Waals surface area (Å²) in [6.07, 6.45) is 1.56. The molecule has 0 radical (unpaired) electrons. The zero-order chi connectivity index (χ0) is 15.9. The van der Waals surface area contributed by atoms with Gasteiger partial charge in [0.25, 0.3) is 0 Å². The van der Waals surface area contributed by atoms with Gasteiger partial charge in [-0.05, 0) is 54.2 Å². The molecule has 0 fully saturated rings. The lowest BCUT2D eigenvalue weighted by Crippen LogP contribution is -2.23. The van der Waals surface area contributed by atoms with Gasteiger partial charge >= 0.3 is 0 Å². The zero-order valence-electron chi connectivity index (χ0n) is 11.7. The van der Waals surface area contributed by atoms with E-state index >= 15 is 0 Å². The molecule has 2 aromatic rings. The minimum absolute atomic E-state index is 0.0748. The van der Waals surface area contributed by atoms with Crippen molar-refractivity contribution in [3.63, 3.8) is 0 Å². The average molecular weight is 336 g/mol. The van der Waals surface area contributed by atoms with Gasteiger partial charge in [0.2, 0.25) is 0 Å². The molecule has 0 aromatic heterocycles. The number of nitrogens with zero attached hydrogens (tertiary/aromatic N) is 1. The molecular formula is C15H14ClN3O2S. The first-order chi connectivity index (χ1) is 10.6. The Kier molecular flexibility index (Phi) is 5.57. The monoisotopic (exact) mass is 335 g/mol. The van der Waals surface area contributed by atoms with Crippen molar-refractivity contribution in [1.29, 1.82) is 0 Å². The van der Waals surface area contributed by atoms with Crippen LogP contribution in [0.25, 0.3) is 0 Å². The molecule has 0 atom stereocenters. The van der Waals surface area contributed by atoms with E-state index in [1.807, 2.05) is 12.1 Å². The van der Waals surface area contributed by atoms with Crippen LogP contribution in [-0.2, 0) is 0 Å². The number of hydrogen-bond acceptors (Lipinski definition) is 4. The SMILES string of the molecule is COc1cc(C=NNC(=S)Nc2cccc(Cl)c2)ccc1O. The summed E-state index contributed by atoms with van der Waals surface area (Å²) in [7, 11) is 1.48. The lowest BCUT2D eigenvalue weighted by Gasteiger charge is -2.07. The van der Waals surface area contributed by atoms with Crippen LogP contribution in [0.3, 0.4) is 0 Å². The zero-order valence-corrected chi connectivity index (χ0v) is 13.3. The van der Waals surface area contributed by atoms with E-state index < -0.39 is 0 Å². The lowest BCUT2D eigenvalue weighted by molar-refractivity contribution is 0.373. The average Bonchev–Trinajstić information content (AvgIpc) is 2.49. The van der Waals surface area contributed by atoms with Crippen molar-refractivity contribution in [3.05, 3.63) is 53.1 Å². The summed E-state index contributed by atoms with van der Waals surface area (Å²) in [5.74, 6) is 0.453. The van der Waals surface area contributed by atoms with Crippen molar-refractivity contribution in [2.75, 3.05) is 12.4 Å². The van der Waals surface area contributed by atoms with E-state index in [2.05, 4.69) is 15.8 Å². The van der Waals surface area contributed by atoms with Crippen LogP contribution in [-0.4, -0.2) is 23.5 Å². The van der Waals surface area contributed by atoms with Crippen LogP contribution in [0.5, 0.6) is 11.5 Å². The third-order valence-corrected chi connectivity index (χ3v) is 3.09. The molecule has 7 heteroatoms. The highest BCUT2D eigenvalue weighted by Gasteiger charge is 2.01. The van der Waals surface area contributed by atoms with E-state index in [4.69, 9.17) is 28.6 Å². The molecule has 0 amide bonds. The lowest BCUT2D eigenvalue weighted by atomic mass is 10.2. The van der Waals surface area contributed by atoms with Gasteiger partial charge in [0.05, 0.1) is 13.3 Å². The number of nitrogens with one attached hydrogen (secondary N) is 2. The van der Waals surface area contributed by atoms with Crippen LogP contribution in [0.1, 0.15) is 5.56 Å². The van der Waals surface area contributed by atoms with Gasteiger partial charge in [0.1, 0.15) is 0 Å². The van der Waals surface area contributed by atoms with Gasteiger partial charge in [-0.3, -0.25) is 5.43 Å². The highest BCUT2D eigenvalue weighted by Crippen LogP contribution is 2.25. The van der Waals surface area contributed by atoms with Crippen LogP contribution in [0.15, 0.2) is 47.6 Å². The largest absolute Gasteiger partial charge is 0.504 e. The molecule has 2 rings (SSSR count). The number of phenolic OH excluding ortho intramolecular Hbond substituents is 1. The van der Waals surface area contributed by atoms with Gasteiger partial charge in [-0.1, -0.05) is 17.7 Å². The second-order valence-electron chi connectivity index (χ2n) is 4.27. The van der Waals surface area contributed by atoms with E-state index in [9.17, 15) is 5.11 Å². The van der Waals surface area contributed by atoms with Gasteiger partial charge in [-0.15, -0.1) is 0 Å². The Bertz CT molecular complexity index is 707. The summed E-state index contributed by atoms with van der Waals surface area (Å²) in [5.41, 5.74) is 4.22. The van der Waals surface area contributed by atoms with E-state index in [0.29, 0.717) is 15.9 Å². The summed E-state index contributed by atoms with van der Waals surface area (Å²) < 4.78 is 5.02. The quantitative estimate of drug-likeness (QED) is 0.454. The van der Waals surface area contributed by atoms with Crippen molar-refractivity contribution in [1.82, 2.24) is 5.43 Å². The minimum atomic E-state index is 0.0748. The van der Waals surface area contributed by atoms with Crippen molar-refractivity contribution < 1.29 is 9.84 Å². The second-order valence-corrected chi connectivity index (χ2v) is 5.11. The molecule has 5 nitrogen and oxygen atoms in total. The number of halogens is 1. The summed E-state index contributed by atoms with van der Waals surface area (Å²) >= 11 is 11.0. The molecule has 2 aromatic carbocycles. The van der Waals surface area contributed by atoms with Gasteiger partial charge in [-0.25, -0.2) is 0 Å². The maximum absolute atomic E-state index is 9.51. The molecule has 0 aliphatic carbocycles.